The number of sulfonamides is 1. The first-order valence-electron chi connectivity index (χ1n) is 18.1. The number of amides is 3. The number of aliphatic hydroxyl groups is 1. The van der Waals surface area contributed by atoms with Gasteiger partial charge in [0.1, 0.15) is 11.9 Å². The molecule has 1 saturated heterocycles. The fourth-order valence-corrected chi connectivity index (χ4v) is 8.44. The zero-order valence-electron chi connectivity index (χ0n) is 31.0. The van der Waals surface area contributed by atoms with Gasteiger partial charge >= 0.3 is 6.03 Å². The zero-order valence-corrected chi connectivity index (χ0v) is 31.9. The number of rotatable bonds is 17. The Morgan fingerprint density at radius 3 is 2.32 bits per heavy atom. The quantitative estimate of drug-likeness (QED) is 0.0817. The number of hydrogen-bond donors (Lipinski definition) is 3. The largest absolute Gasteiger partial charge is 0.411 e. The molecule has 0 aliphatic carbocycles. The van der Waals surface area contributed by atoms with E-state index in [2.05, 4.69) is 10.5 Å². The number of aliphatic hydroxyl groups excluding tert-OH is 1. The number of imidazole rings is 1. The maximum absolute atomic E-state index is 14.4. The summed E-state index contributed by atoms with van der Waals surface area (Å²) in [5.41, 5.74) is 3.19. The molecule has 3 amide bonds. The number of carbonyl (C=O) groups is 2. The van der Waals surface area contributed by atoms with E-state index < -0.39 is 34.1 Å². The summed E-state index contributed by atoms with van der Waals surface area (Å²) in [6.45, 7) is 8.60. The van der Waals surface area contributed by atoms with Crippen molar-refractivity contribution in [3.63, 3.8) is 0 Å². The molecule has 5 rings (SSSR count). The minimum atomic E-state index is -4.07. The number of oxime groups is 1. The Bertz CT molecular complexity index is 1980. The summed E-state index contributed by atoms with van der Waals surface area (Å²) >= 11 is 0. The Kier molecular flexibility index (Phi) is 12.9. The molecule has 0 spiro atoms. The molecule has 0 bridgehead atoms. The average Bonchev–Trinajstić information content (AvgIpc) is 3.66. The van der Waals surface area contributed by atoms with Gasteiger partial charge in [0.05, 0.1) is 40.8 Å². The standard InChI is InChI=1S/C39H51N7O6S/c1-6-28(4)37(46-21-20-44(39(46)49)26-36-41-32-14-10-11-15-34(32)43(36)5)38(48)42-33(22-29-12-8-7-9-13-29)35(47)25-45(24-27(2)3)53(51,52)31-18-16-30(17-19-31)23-40-50/h7-19,23,27-28,33,35,37,47,50H,6,20-22,24-26H2,1-5H3,(H,42,48)/t28?,33-,35+,37-/m0/s1. The summed E-state index contributed by atoms with van der Waals surface area (Å²) in [5.74, 6) is 0.0633. The Hall–Kier alpha value is -4.79. The molecule has 53 heavy (non-hydrogen) atoms. The Morgan fingerprint density at radius 1 is 1.00 bits per heavy atom. The molecule has 3 aromatic carbocycles. The van der Waals surface area contributed by atoms with Gasteiger partial charge in [-0.3, -0.25) is 4.79 Å². The predicted octanol–water partition coefficient (Wildman–Crippen LogP) is 4.47. The molecule has 3 N–H and O–H groups in total. The van der Waals surface area contributed by atoms with E-state index in [1.807, 2.05) is 93.9 Å². The SMILES string of the molecule is CCC(C)[C@@H](C(=O)N[C@@H](Cc1ccccc1)[C@H](O)CN(CC(C)C)S(=O)(=O)c1ccc(C=NO)cc1)N1CCN(Cc2nc3ccccc3n2C)C1=O. The number of benzene rings is 3. The molecule has 0 radical (unpaired) electrons. The fraction of sp³-hybridized carbons (Fsp3) is 0.436. The van der Waals surface area contributed by atoms with Gasteiger partial charge in [-0.1, -0.05) is 93.9 Å². The number of carbonyl (C=O) groups excluding carboxylic acids is 2. The molecule has 2 heterocycles. The van der Waals surface area contributed by atoms with Crippen LogP contribution in [0.4, 0.5) is 4.79 Å². The van der Waals surface area contributed by atoms with Crippen molar-refractivity contribution in [2.24, 2.45) is 24.0 Å². The van der Waals surface area contributed by atoms with E-state index in [0.717, 1.165) is 22.4 Å². The van der Waals surface area contributed by atoms with Gasteiger partial charge in [0.2, 0.25) is 15.9 Å². The van der Waals surface area contributed by atoms with Crippen LogP contribution in [0.1, 0.15) is 51.1 Å². The lowest BCUT2D eigenvalue weighted by Crippen LogP contribution is -2.57. The first kappa shape index (κ1) is 39.4. The van der Waals surface area contributed by atoms with Crippen LogP contribution < -0.4 is 5.32 Å². The topological polar surface area (TPSA) is 161 Å². The molecule has 1 fully saturated rings. The molecule has 0 saturated carbocycles. The third kappa shape index (κ3) is 9.24. The third-order valence-electron chi connectivity index (χ3n) is 9.90. The summed E-state index contributed by atoms with van der Waals surface area (Å²) < 4.78 is 31.1. The van der Waals surface area contributed by atoms with E-state index in [4.69, 9.17) is 10.2 Å². The number of para-hydroxylation sites is 2. The maximum Gasteiger partial charge on any atom is 0.321 e. The first-order chi connectivity index (χ1) is 25.3. The number of aryl methyl sites for hydroxylation is 1. The van der Waals surface area contributed by atoms with Crippen LogP contribution in [0, 0.1) is 11.8 Å². The summed E-state index contributed by atoms with van der Waals surface area (Å²) in [7, 11) is -2.14. The molecule has 4 aromatic rings. The van der Waals surface area contributed by atoms with Gasteiger partial charge in [0, 0.05) is 33.2 Å². The smallest absolute Gasteiger partial charge is 0.321 e. The monoisotopic (exact) mass is 745 g/mol. The molecule has 284 valence electrons. The number of hydrogen-bond acceptors (Lipinski definition) is 8. The number of nitrogens with one attached hydrogen (secondary N) is 1. The lowest BCUT2D eigenvalue weighted by atomic mass is 9.95. The van der Waals surface area contributed by atoms with E-state index in [1.54, 1.807) is 9.80 Å². The normalized spacial score (nSPS) is 16.2. The van der Waals surface area contributed by atoms with Crippen molar-refractivity contribution < 1.29 is 28.3 Å². The zero-order chi connectivity index (χ0) is 38.3. The van der Waals surface area contributed by atoms with Gasteiger partial charge in [-0.15, -0.1) is 0 Å². The molecular formula is C39H51N7O6S. The second kappa shape index (κ2) is 17.4. The van der Waals surface area contributed by atoms with Gasteiger partial charge < -0.3 is 30.0 Å². The van der Waals surface area contributed by atoms with E-state index in [9.17, 15) is 23.1 Å². The van der Waals surface area contributed by atoms with Crippen LogP contribution in [0.5, 0.6) is 0 Å². The predicted molar refractivity (Wildman–Crippen MR) is 204 cm³/mol. The van der Waals surface area contributed by atoms with E-state index >= 15 is 0 Å². The summed E-state index contributed by atoms with van der Waals surface area (Å²) in [6.07, 6.45) is 0.764. The summed E-state index contributed by atoms with van der Waals surface area (Å²) in [4.78, 5) is 36.4. The molecule has 1 aliphatic heterocycles. The van der Waals surface area contributed by atoms with E-state index in [-0.39, 0.29) is 42.3 Å². The average molecular weight is 746 g/mol. The highest BCUT2D eigenvalue weighted by Crippen LogP contribution is 2.25. The number of urea groups is 1. The summed E-state index contributed by atoms with van der Waals surface area (Å²) in [5, 5.41) is 26.8. The number of fused-ring (bicyclic) bond motifs is 1. The van der Waals surface area contributed by atoms with Crippen molar-refractivity contribution >= 4 is 39.2 Å². The van der Waals surface area contributed by atoms with Crippen molar-refractivity contribution in [2.75, 3.05) is 26.2 Å². The van der Waals surface area contributed by atoms with Gasteiger partial charge in [-0.25, -0.2) is 18.2 Å². The lowest BCUT2D eigenvalue weighted by Gasteiger charge is -2.35. The maximum atomic E-state index is 14.4. The Labute approximate surface area is 312 Å². The highest BCUT2D eigenvalue weighted by Gasteiger charge is 2.41. The molecule has 14 heteroatoms. The van der Waals surface area contributed by atoms with Crippen molar-refractivity contribution in [3.8, 4) is 0 Å². The molecule has 4 atom stereocenters. The fourth-order valence-electron chi connectivity index (χ4n) is 6.82. The van der Waals surface area contributed by atoms with Crippen molar-refractivity contribution in [2.45, 2.75) is 70.2 Å². The number of nitrogens with zero attached hydrogens (tertiary/aromatic N) is 6. The van der Waals surface area contributed by atoms with Crippen molar-refractivity contribution in [3.05, 3.63) is 95.8 Å². The minimum Gasteiger partial charge on any atom is -0.411 e. The van der Waals surface area contributed by atoms with Gasteiger partial charge in [-0.2, -0.15) is 4.31 Å². The van der Waals surface area contributed by atoms with Crippen LogP contribution in [0.15, 0.2) is 88.9 Å². The number of aromatic nitrogens is 2. The first-order valence-corrected chi connectivity index (χ1v) is 19.5. The van der Waals surface area contributed by atoms with Crippen LogP contribution in [0.2, 0.25) is 0 Å². The second-order valence-corrected chi connectivity index (χ2v) is 16.1. The summed E-state index contributed by atoms with van der Waals surface area (Å²) in [6, 6.07) is 21.1. The Morgan fingerprint density at radius 2 is 1.68 bits per heavy atom. The third-order valence-corrected chi connectivity index (χ3v) is 11.7. The highest BCUT2D eigenvalue weighted by molar-refractivity contribution is 7.89. The highest BCUT2D eigenvalue weighted by atomic mass is 32.2. The molecular weight excluding hydrogens is 695 g/mol. The molecule has 13 nitrogen and oxygen atoms in total. The molecule has 1 unspecified atom stereocenters. The van der Waals surface area contributed by atoms with Crippen LogP contribution in [0.25, 0.3) is 11.0 Å². The Balaban J connectivity index is 1.38. The van der Waals surface area contributed by atoms with Crippen LogP contribution in [-0.4, -0.2) is 105 Å². The lowest BCUT2D eigenvalue weighted by molar-refractivity contribution is -0.128. The molecule has 1 aliphatic rings. The van der Waals surface area contributed by atoms with Crippen molar-refractivity contribution in [1.29, 1.82) is 0 Å². The van der Waals surface area contributed by atoms with Crippen molar-refractivity contribution in [1.82, 2.24) is 29.0 Å². The van der Waals surface area contributed by atoms with Crippen LogP contribution >= 0.6 is 0 Å². The van der Waals surface area contributed by atoms with E-state index in [0.29, 0.717) is 31.6 Å². The van der Waals surface area contributed by atoms with Crippen LogP contribution in [-0.2, 0) is 34.8 Å². The second-order valence-electron chi connectivity index (χ2n) is 14.2. The molecule has 1 aromatic heterocycles. The van der Waals surface area contributed by atoms with Gasteiger partial charge in [0.15, 0.2) is 0 Å². The minimum absolute atomic E-state index is 0.0247. The van der Waals surface area contributed by atoms with Gasteiger partial charge in [0.25, 0.3) is 0 Å². The van der Waals surface area contributed by atoms with Gasteiger partial charge in [-0.05, 0) is 53.6 Å². The van der Waals surface area contributed by atoms with E-state index in [1.165, 1.54) is 34.8 Å². The van der Waals surface area contributed by atoms with Crippen LogP contribution in [0.3, 0.4) is 0 Å².